The third-order valence-electron chi connectivity index (χ3n) is 4.97. The molecule has 3 aliphatic heterocycles. The summed E-state index contributed by atoms with van der Waals surface area (Å²) in [6.45, 7) is 3.33. The summed E-state index contributed by atoms with van der Waals surface area (Å²) in [7, 11) is 0. The number of rotatable bonds is 3. The molecule has 4 nitrogen and oxygen atoms in total. The quantitative estimate of drug-likeness (QED) is 0.878. The lowest BCUT2D eigenvalue weighted by Crippen LogP contribution is -2.57. The summed E-state index contributed by atoms with van der Waals surface area (Å²) in [5.74, 6) is 0.885. The Labute approximate surface area is 151 Å². The van der Waals surface area contributed by atoms with E-state index in [-0.39, 0.29) is 30.1 Å². The molecule has 0 radical (unpaired) electrons. The molecule has 0 saturated carbocycles. The fourth-order valence-corrected chi connectivity index (χ4v) is 4.60. The minimum atomic E-state index is 0. The normalized spacial score (nSPS) is 25.1. The van der Waals surface area contributed by atoms with Crippen LogP contribution in [0.15, 0.2) is 36.4 Å². The molecule has 3 fully saturated rings. The van der Waals surface area contributed by atoms with Crippen molar-refractivity contribution < 1.29 is 9.90 Å². The number of hydrogen-bond acceptors (Lipinski definition) is 4. The maximum Gasteiger partial charge on any atom is 0.261 e. The number of para-hydroxylation sites is 1. The van der Waals surface area contributed by atoms with Crippen molar-refractivity contribution >= 4 is 29.7 Å². The number of nitrogens with one attached hydrogen (secondary N) is 1. The van der Waals surface area contributed by atoms with Crippen molar-refractivity contribution in [2.24, 2.45) is 5.92 Å². The lowest BCUT2D eigenvalue weighted by Gasteiger charge is -2.44. The van der Waals surface area contributed by atoms with Gasteiger partial charge in [-0.2, -0.15) is 0 Å². The van der Waals surface area contributed by atoms with Gasteiger partial charge in [0, 0.05) is 23.0 Å². The van der Waals surface area contributed by atoms with Gasteiger partial charge in [0.2, 0.25) is 0 Å². The molecule has 128 valence electrons. The van der Waals surface area contributed by atoms with Crippen LogP contribution < -0.4 is 5.32 Å². The maximum absolute atomic E-state index is 12.5. The van der Waals surface area contributed by atoms with Crippen LogP contribution in [0.4, 0.5) is 0 Å². The first kappa shape index (κ1) is 17.3. The molecule has 4 heterocycles. The third kappa shape index (κ3) is 3.29. The molecule has 2 N–H and O–H groups in total. The third-order valence-corrected chi connectivity index (χ3v) is 6.09. The number of fused-ring (bicyclic) bond motifs is 3. The Kier molecular flexibility index (Phi) is 5.13. The number of phenolic OH excluding ortho intramolecular Hbond substituents is 1. The van der Waals surface area contributed by atoms with Crippen molar-refractivity contribution in [3.05, 3.63) is 41.3 Å². The van der Waals surface area contributed by atoms with Gasteiger partial charge in [0.1, 0.15) is 5.75 Å². The van der Waals surface area contributed by atoms with E-state index < -0.39 is 0 Å². The molecule has 1 aromatic carbocycles. The molecule has 0 spiro atoms. The van der Waals surface area contributed by atoms with Crippen molar-refractivity contribution in [1.29, 1.82) is 0 Å². The van der Waals surface area contributed by atoms with Gasteiger partial charge in [-0.25, -0.2) is 0 Å². The van der Waals surface area contributed by atoms with Gasteiger partial charge in [-0.3, -0.25) is 4.79 Å². The monoisotopic (exact) mass is 364 g/mol. The van der Waals surface area contributed by atoms with Crippen molar-refractivity contribution in [2.45, 2.75) is 18.9 Å². The van der Waals surface area contributed by atoms with Gasteiger partial charge in [0.25, 0.3) is 5.91 Å². The summed E-state index contributed by atoms with van der Waals surface area (Å²) in [5, 5.41) is 13.2. The summed E-state index contributed by atoms with van der Waals surface area (Å²) in [6, 6.07) is 11.3. The Morgan fingerprint density at radius 1 is 1.17 bits per heavy atom. The predicted octanol–water partition coefficient (Wildman–Crippen LogP) is 3.37. The Balaban J connectivity index is 0.00000169. The number of halogens is 1. The molecule has 0 unspecified atom stereocenters. The number of aromatic hydroxyl groups is 1. The number of carbonyl (C=O) groups excluding carboxylic acids is 1. The lowest BCUT2D eigenvalue weighted by molar-refractivity contribution is 0.0622. The molecule has 1 atom stereocenters. The van der Waals surface area contributed by atoms with Gasteiger partial charge in [-0.1, -0.05) is 12.1 Å². The summed E-state index contributed by atoms with van der Waals surface area (Å²) >= 11 is 1.43. The van der Waals surface area contributed by atoms with Crippen LogP contribution in [0.25, 0.3) is 10.4 Å². The number of hydrogen-bond donors (Lipinski definition) is 2. The zero-order valence-corrected chi connectivity index (χ0v) is 14.9. The van der Waals surface area contributed by atoms with Crippen LogP contribution >= 0.6 is 23.7 Å². The molecule has 6 heteroatoms. The first-order chi connectivity index (χ1) is 11.2. The molecule has 3 saturated heterocycles. The minimum Gasteiger partial charge on any atom is -0.507 e. The van der Waals surface area contributed by atoms with Crippen molar-refractivity contribution in [1.82, 2.24) is 10.2 Å². The summed E-state index contributed by atoms with van der Waals surface area (Å²) < 4.78 is 0. The number of piperidine rings is 3. The Morgan fingerprint density at radius 3 is 2.58 bits per heavy atom. The number of amides is 1. The summed E-state index contributed by atoms with van der Waals surface area (Å²) in [5.41, 5.74) is 0.777. The van der Waals surface area contributed by atoms with Crippen LogP contribution in [0.3, 0.4) is 0 Å². The Morgan fingerprint density at radius 2 is 1.92 bits per heavy atom. The number of thiophene rings is 1. The number of phenols is 1. The lowest BCUT2D eigenvalue weighted by atomic mass is 9.84. The first-order valence-electron chi connectivity index (χ1n) is 8.12. The first-order valence-corrected chi connectivity index (χ1v) is 8.94. The molecular weight excluding hydrogens is 344 g/mol. The zero-order valence-electron chi connectivity index (χ0n) is 13.3. The van der Waals surface area contributed by atoms with Gasteiger partial charge in [0.05, 0.1) is 4.88 Å². The van der Waals surface area contributed by atoms with Gasteiger partial charge < -0.3 is 15.3 Å². The van der Waals surface area contributed by atoms with E-state index in [0.29, 0.717) is 10.8 Å². The van der Waals surface area contributed by atoms with E-state index in [1.54, 1.807) is 12.1 Å². The Hall–Kier alpha value is -1.56. The highest BCUT2D eigenvalue weighted by molar-refractivity contribution is 7.17. The van der Waals surface area contributed by atoms with E-state index in [2.05, 4.69) is 10.2 Å². The molecule has 0 aliphatic carbocycles. The van der Waals surface area contributed by atoms with E-state index in [9.17, 15) is 9.90 Å². The van der Waals surface area contributed by atoms with Crippen LogP contribution in [0, 0.1) is 5.92 Å². The molecule has 1 amide bonds. The van der Waals surface area contributed by atoms with E-state index in [4.69, 9.17) is 0 Å². The SMILES string of the molecule is Cl.O=C(N[C@H]1CN2CCC1CC2)c1ccc(-c2ccccc2O)s1. The van der Waals surface area contributed by atoms with E-state index in [1.165, 1.54) is 37.3 Å². The largest absolute Gasteiger partial charge is 0.507 e. The van der Waals surface area contributed by atoms with Crippen molar-refractivity contribution in [3.63, 3.8) is 0 Å². The second kappa shape index (κ2) is 7.13. The highest BCUT2D eigenvalue weighted by Crippen LogP contribution is 2.34. The molecule has 3 aliphatic rings. The fourth-order valence-electron chi connectivity index (χ4n) is 3.65. The summed E-state index contributed by atoms with van der Waals surface area (Å²) in [6.07, 6.45) is 2.39. The van der Waals surface area contributed by atoms with E-state index in [1.807, 2.05) is 24.3 Å². The van der Waals surface area contributed by atoms with Gasteiger partial charge in [0.15, 0.2) is 0 Å². The highest BCUT2D eigenvalue weighted by Gasteiger charge is 2.35. The summed E-state index contributed by atoms with van der Waals surface area (Å²) in [4.78, 5) is 16.6. The predicted molar refractivity (Wildman–Crippen MR) is 99.1 cm³/mol. The molecule has 2 aromatic rings. The van der Waals surface area contributed by atoms with Crippen LogP contribution in [-0.2, 0) is 0 Å². The van der Waals surface area contributed by atoms with E-state index >= 15 is 0 Å². The zero-order chi connectivity index (χ0) is 15.8. The van der Waals surface area contributed by atoms with Crippen molar-refractivity contribution in [2.75, 3.05) is 19.6 Å². The maximum atomic E-state index is 12.5. The fraction of sp³-hybridized carbons (Fsp3) is 0.389. The average molecular weight is 365 g/mol. The standard InChI is InChI=1S/C18H20N2O2S.ClH/c21-15-4-2-1-3-13(15)16-5-6-17(23-16)18(22)19-14-11-20-9-7-12(14)8-10-20;/h1-6,12,14,21H,7-11H2,(H,19,22);1H/t14-;/m0./s1. The van der Waals surface area contributed by atoms with Crippen LogP contribution in [0.5, 0.6) is 5.75 Å². The molecule has 5 rings (SSSR count). The minimum absolute atomic E-state index is 0. The van der Waals surface area contributed by atoms with Crippen molar-refractivity contribution in [3.8, 4) is 16.2 Å². The topological polar surface area (TPSA) is 52.6 Å². The molecule has 24 heavy (non-hydrogen) atoms. The highest BCUT2D eigenvalue weighted by atomic mass is 35.5. The van der Waals surface area contributed by atoms with E-state index in [0.717, 1.165) is 17.0 Å². The molecule has 2 bridgehead atoms. The number of benzene rings is 1. The van der Waals surface area contributed by atoms with Crippen LogP contribution in [0.1, 0.15) is 22.5 Å². The second-order valence-electron chi connectivity index (χ2n) is 6.40. The number of nitrogens with zero attached hydrogens (tertiary/aromatic N) is 1. The van der Waals surface area contributed by atoms with Gasteiger partial charge >= 0.3 is 0 Å². The molecule has 1 aromatic heterocycles. The van der Waals surface area contributed by atoms with Gasteiger partial charge in [-0.15, -0.1) is 23.7 Å². The smallest absolute Gasteiger partial charge is 0.261 e. The molecular formula is C18H21ClN2O2S. The average Bonchev–Trinajstić information content (AvgIpc) is 3.06. The van der Waals surface area contributed by atoms with Gasteiger partial charge in [-0.05, 0) is 56.1 Å². The Bertz CT molecular complexity index is 725. The second-order valence-corrected chi connectivity index (χ2v) is 7.48. The van der Waals surface area contributed by atoms with Crippen LogP contribution in [0.2, 0.25) is 0 Å². The van der Waals surface area contributed by atoms with Crippen LogP contribution in [-0.4, -0.2) is 41.6 Å². The number of carbonyl (C=O) groups is 1.